The summed E-state index contributed by atoms with van der Waals surface area (Å²) >= 11 is 0. The van der Waals surface area contributed by atoms with E-state index in [2.05, 4.69) is 20.6 Å². The zero-order valence-electron chi connectivity index (χ0n) is 20.4. The Hall–Kier alpha value is -2.98. The predicted molar refractivity (Wildman–Crippen MR) is 120 cm³/mol. The second kappa shape index (κ2) is 10.3. The highest BCUT2D eigenvalue weighted by molar-refractivity contribution is 5.59. The molecule has 2 fully saturated rings. The summed E-state index contributed by atoms with van der Waals surface area (Å²) in [5.41, 5.74) is -1.24. The van der Waals surface area contributed by atoms with Crippen molar-refractivity contribution >= 4 is 0 Å². The molecule has 1 aromatic carbocycles. The fourth-order valence-corrected chi connectivity index (χ4v) is 4.80. The van der Waals surface area contributed by atoms with Gasteiger partial charge in [-0.3, -0.25) is 0 Å². The topological polar surface area (TPSA) is 130 Å². The number of hydrogen-bond donors (Lipinski definition) is 2. The number of rotatable bonds is 8. The maximum atomic E-state index is 14.6. The quantitative estimate of drug-likeness (QED) is 0.401. The molecule has 0 amide bonds. The Morgan fingerprint density at radius 1 is 1.13 bits per heavy atom. The fraction of sp³-hybridized carbons (Fsp3) is 0.565. The zero-order valence-corrected chi connectivity index (χ0v) is 20.4. The van der Waals surface area contributed by atoms with E-state index in [1.807, 2.05) is 0 Å². The van der Waals surface area contributed by atoms with Gasteiger partial charge in [0, 0.05) is 25.3 Å². The molecule has 5 rings (SSSR count). The first-order valence-electron chi connectivity index (χ1n) is 11.8. The molecule has 2 N–H and O–H groups in total. The lowest BCUT2D eigenvalue weighted by Crippen LogP contribution is -2.57. The second-order valence-corrected chi connectivity index (χ2v) is 9.47. The van der Waals surface area contributed by atoms with Crippen molar-refractivity contribution in [1.29, 1.82) is 0 Å². The predicted octanol–water partition coefficient (Wildman–Crippen LogP) is 1.03. The van der Waals surface area contributed by atoms with E-state index in [4.69, 9.17) is 14.2 Å². The van der Waals surface area contributed by atoms with Gasteiger partial charge >= 0.3 is 0 Å². The molecule has 0 aliphatic carbocycles. The molecule has 2 aromatic heterocycles. The molecule has 0 radical (unpaired) electrons. The Balaban J connectivity index is 1.43. The van der Waals surface area contributed by atoms with E-state index in [9.17, 15) is 27.8 Å². The van der Waals surface area contributed by atoms with Gasteiger partial charge in [0.25, 0.3) is 6.43 Å². The Bertz CT molecular complexity index is 1280. The maximum absolute atomic E-state index is 14.6. The molecule has 0 unspecified atom stereocenters. The van der Waals surface area contributed by atoms with Gasteiger partial charge in [-0.1, -0.05) is 16.5 Å². The molecule has 0 spiro atoms. The highest BCUT2D eigenvalue weighted by Crippen LogP contribution is 2.36. The highest BCUT2D eigenvalue weighted by atomic mass is 19.3. The highest BCUT2D eigenvalue weighted by Gasteiger charge is 2.51. The van der Waals surface area contributed by atoms with Gasteiger partial charge in [0.15, 0.2) is 17.2 Å². The lowest BCUT2D eigenvalue weighted by Gasteiger charge is -2.43. The number of aromatic nitrogens is 6. The van der Waals surface area contributed by atoms with Gasteiger partial charge in [-0.05, 0) is 18.6 Å². The van der Waals surface area contributed by atoms with Crippen molar-refractivity contribution in [3.8, 4) is 11.3 Å². The Kier molecular flexibility index (Phi) is 7.21. The number of halogens is 4. The van der Waals surface area contributed by atoms with Crippen LogP contribution in [-0.2, 0) is 26.2 Å². The molecule has 2 saturated heterocycles. The van der Waals surface area contributed by atoms with Gasteiger partial charge in [-0.25, -0.2) is 26.9 Å². The van der Waals surface area contributed by atoms with Gasteiger partial charge in [-0.15, -0.1) is 10.2 Å². The van der Waals surface area contributed by atoms with Crippen molar-refractivity contribution < 1.29 is 42.0 Å². The van der Waals surface area contributed by atoms with Crippen LogP contribution in [0.3, 0.4) is 0 Å². The van der Waals surface area contributed by atoms with Crippen molar-refractivity contribution in [3.05, 3.63) is 47.4 Å². The number of aliphatic hydroxyl groups excluding tert-OH is 2. The van der Waals surface area contributed by atoms with Crippen molar-refractivity contribution in [2.24, 2.45) is 0 Å². The number of aliphatic hydroxyl groups is 2. The molecule has 2 aliphatic rings. The van der Waals surface area contributed by atoms with Gasteiger partial charge < -0.3 is 24.4 Å². The molecule has 15 heteroatoms. The van der Waals surface area contributed by atoms with E-state index in [0.29, 0.717) is 5.69 Å². The SMILES string of the molecule is CO[C@@H]1[C@@H](n2cc(-c3ccc(C)c(F)c3F)nn2)[C@@H](O)[C@@H](CO)O[C@@H]1Cc1cn(C2(C(F)F)COC2)nn1. The van der Waals surface area contributed by atoms with Crippen LogP contribution >= 0.6 is 0 Å². The number of alkyl halides is 2. The number of nitrogens with zero attached hydrogens (tertiary/aromatic N) is 6. The number of ether oxygens (including phenoxy) is 3. The third-order valence-corrected chi connectivity index (χ3v) is 7.12. The lowest BCUT2D eigenvalue weighted by atomic mass is 9.90. The first-order chi connectivity index (χ1) is 18.2. The van der Waals surface area contributed by atoms with Gasteiger partial charge in [-0.2, -0.15) is 0 Å². The van der Waals surface area contributed by atoms with Crippen LogP contribution in [0.2, 0.25) is 0 Å². The molecule has 4 heterocycles. The second-order valence-electron chi connectivity index (χ2n) is 9.47. The third kappa shape index (κ3) is 4.37. The van der Waals surface area contributed by atoms with Crippen molar-refractivity contribution in [1.82, 2.24) is 30.0 Å². The monoisotopic (exact) mass is 542 g/mol. The van der Waals surface area contributed by atoms with Gasteiger partial charge in [0.1, 0.15) is 30.0 Å². The minimum Gasteiger partial charge on any atom is -0.394 e. The average Bonchev–Trinajstić information content (AvgIpc) is 3.52. The molecule has 5 atom stereocenters. The number of benzene rings is 1. The van der Waals surface area contributed by atoms with Crippen LogP contribution in [0.5, 0.6) is 0 Å². The Labute approximate surface area is 213 Å². The van der Waals surface area contributed by atoms with Crippen LogP contribution in [0.1, 0.15) is 17.3 Å². The van der Waals surface area contributed by atoms with Gasteiger partial charge in [0.05, 0.1) is 37.8 Å². The first-order valence-corrected chi connectivity index (χ1v) is 11.8. The van der Waals surface area contributed by atoms with E-state index < -0.39 is 60.7 Å². The van der Waals surface area contributed by atoms with E-state index in [1.165, 1.54) is 43.2 Å². The molecule has 11 nitrogen and oxygen atoms in total. The summed E-state index contributed by atoms with van der Waals surface area (Å²) in [6.45, 7) is 0.480. The Morgan fingerprint density at radius 3 is 2.53 bits per heavy atom. The standard InChI is InChI=1S/C23H26F4N6O5/c1-11-3-4-13(18(25)17(11)24)14-7-32(30-29-14)19-20(35)16(8-34)38-15(21(19)36-2)5-12-6-33(31-28-12)23(22(26)27)9-37-10-23/h3-4,6-7,15-16,19-22,34-35H,5,8-10H2,1-2H3/t15-,16-,19+,20+,21+/m1/s1. The molecule has 0 bridgehead atoms. The number of hydrogen-bond acceptors (Lipinski definition) is 9. The minimum absolute atomic E-state index is 0.0231. The fourth-order valence-electron chi connectivity index (χ4n) is 4.80. The smallest absolute Gasteiger partial charge is 0.268 e. The average molecular weight is 542 g/mol. The van der Waals surface area contributed by atoms with Crippen LogP contribution in [0.15, 0.2) is 24.5 Å². The summed E-state index contributed by atoms with van der Waals surface area (Å²) in [7, 11) is 1.38. The molecular weight excluding hydrogens is 516 g/mol. The van der Waals surface area contributed by atoms with E-state index in [0.717, 1.165) is 4.68 Å². The summed E-state index contributed by atoms with van der Waals surface area (Å²) in [5.74, 6) is -2.09. The molecule has 2 aliphatic heterocycles. The maximum Gasteiger partial charge on any atom is 0.268 e. The van der Waals surface area contributed by atoms with Crippen LogP contribution in [-0.4, -0.2) is 98.0 Å². The van der Waals surface area contributed by atoms with Crippen LogP contribution in [0.25, 0.3) is 11.3 Å². The summed E-state index contributed by atoms with van der Waals surface area (Å²) in [6.07, 6.45) is -4.06. The first kappa shape index (κ1) is 26.6. The summed E-state index contributed by atoms with van der Waals surface area (Å²) in [4.78, 5) is 0. The zero-order chi connectivity index (χ0) is 27.2. The van der Waals surface area contributed by atoms with Crippen molar-refractivity contribution in [3.63, 3.8) is 0 Å². The summed E-state index contributed by atoms with van der Waals surface area (Å²) in [5, 5.41) is 36.7. The lowest BCUT2D eigenvalue weighted by molar-refractivity contribution is -0.212. The molecular formula is C23H26F4N6O5. The minimum atomic E-state index is -2.71. The number of aryl methyl sites for hydroxylation is 1. The summed E-state index contributed by atoms with van der Waals surface area (Å²) < 4.78 is 74.8. The van der Waals surface area contributed by atoms with Crippen molar-refractivity contribution in [2.45, 2.75) is 55.8 Å². The molecule has 3 aromatic rings. The van der Waals surface area contributed by atoms with Crippen molar-refractivity contribution in [2.75, 3.05) is 26.9 Å². The van der Waals surface area contributed by atoms with E-state index in [-0.39, 0.29) is 36.5 Å². The van der Waals surface area contributed by atoms with Crippen LogP contribution < -0.4 is 0 Å². The van der Waals surface area contributed by atoms with E-state index in [1.54, 1.807) is 0 Å². The van der Waals surface area contributed by atoms with E-state index >= 15 is 0 Å². The normalized spacial score (nSPS) is 27.0. The Morgan fingerprint density at radius 2 is 1.89 bits per heavy atom. The largest absolute Gasteiger partial charge is 0.394 e. The third-order valence-electron chi connectivity index (χ3n) is 7.12. The van der Waals surface area contributed by atoms with Crippen LogP contribution in [0, 0.1) is 18.6 Å². The summed E-state index contributed by atoms with van der Waals surface area (Å²) in [6, 6.07) is 1.82. The number of methoxy groups -OCH3 is 1. The van der Waals surface area contributed by atoms with Gasteiger partial charge in [0.2, 0.25) is 0 Å². The van der Waals surface area contributed by atoms with Crippen LogP contribution in [0.4, 0.5) is 17.6 Å². The molecule has 0 saturated carbocycles. The molecule has 206 valence electrons. The molecule has 38 heavy (non-hydrogen) atoms.